The van der Waals surface area contributed by atoms with E-state index in [-0.39, 0.29) is 31.1 Å². The van der Waals surface area contributed by atoms with Crippen LogP contribution in [0.3, 0.4) is 0 Å². The Kier molecular flexibility index (Phi) is 63.3. The Morgan fingerprint density at radius 1 is 0.266 bits per heavy atom. The van der Waals surface area contributed by atoms with Crippen molar-refractivity contribution in [1.82, 2.24) is 0 Å². The summed E-state index contributed by atoms with van der Waals surface area (Å²) in [4.78, 5) is 38.4. The minimum Gasteiger partial charge on any atom is -0.462 e. The largest absolute Gasteiger partial charge is 0.462 e. The standard InChI is InChI=1S/C73H124O6/c1-4-7-10-13-16-19-22-25-28-30-32-34-36-38-40-42-45-48-51-54-57-60-63-66-72(75)78-69-70(68-77-71(74)65-62-59-56-53-50-47-44-27-24-21-18-15-12-9-6-3)79-73(76)67-64-61-58-55-52-49-46-43-41-39-37-35-33-31-29-26-23-20-17-14-11-8-5-2/h7,9-10,12,16,18-19,21,25,27-28,31-34,38,40,44,70H,4-6,8,11,13-15,17,20,22-24,26,29-30,35-37,39,41-43,45-69H2,1-3H3/b10-7-,12-9-,19-16-,21-18-,28-25-,33-31-,34-32-,40-38-,44-27-. The van der Waals surface area contributed by atoms with E-state index < -0.39 is 6.10 Å². The molecule has 0 radical (unpaired) electrons. The summed E-state index contributed by atoms with van der Waals surface area (Å²) in [5.41, 5.74) is 0. The number of allylic oxidation sites excluding steroid dienone is 18. The van der Waals surface area contributed by atoms with Gasteiger partial charge in [0, 0.05) is 19.3 Å². The fourth-order valence-corrected chi connectivity index (χ4v) is 9.30. The molecule has 79 heavy (non-hydrogen) atoms. The molecule has 0 aliphatic heterocycles. The number of rotatable bonds is 60. The first-order valence-corrected chi connectivity index (χ1v) is 33.4. The molecule has 0 fully saturated rings. The van der Waals surface area contributed by atoms with Crippen LogP contribution in [0.15, 0.2) is 109 Å². The van der Waals surface area contributed by atoms with E-state index in [1.807, 2.05) is 0 Å². The first-order valence-electron chi connectivity index (χ1n) is 33.4. The van der Waals surface area contributed by atoms with Gasteiger partial charge in [0.25, 0.3) is 0 Å². The normalized spacial score (nSPS) is 12.8. The monoisotopic (exact) mass is 1100 g/mol. The molecule has 0 bridgehead atoms. The van der Waals surface area contributed by atoms with Crippen molar-refractivity contribution in [3.63, 3.8) is 0 Å². The van der Waals surface area contributed by atoms with Gasteiger partial charge in [0.2, 0.25) is 0 Å². The molecule has 0 aliphatic rings. The maximum absolute atomic E-state index is 12.9. The van der Waals surface area contributed by atoms with Crippen molar-refractivity contribution in [1.29, 1.82) is 0 Å². The molecule has 452 valence electrons. The van der Waals surface area contributed by atoms with E-state index in [9.17, 15) is 14.4 Å². The van der Waals surface area contributed by atoms with Crippen LogP contribution < -0.4 is 0 Å². The average molecular weight is 1100 g/mol. The molecule has 0 aromatic carbocycles. The highest BCUT2D eigenvalue weighted by Crippen LogP contribution is 2.16. The fraction of sp³-hybridized carbons (Fsp3) is 0.712. The Balaban J connectivity index is 4.38. The minimum absolute atomic E-state index is 0.0901. The number of carbonyl (C=O) groups is 3. The molecule has 0 aromatic heterocycles. The van der Waals surface area contributed by atoms with Gasteiger partial charge in [0.1, 0.15) is 13.2 Å². The zero-order valence-corrected chi connectivity index (χ0v) is 51.9. The quantitative estimate of drug-likeness (QED) is 0.0261. The number of carbonyl (C=O) groups excluding carboxylic acids is 3. The maximum atomic E-state index is 12.9. The molecule has 0 saturated heterocycles. The number of ether oxygens (including phenoxy) is 3. The summed E-state index contributed by atoms with van der Waals surface area (Å²) in [6.07, 6.45) is 91.0. The molecule has 0 aromatic rings. The van der Waals surface area contributed by atoms with Crippen molar-refractivity contribution in [3.05, 3.63) is 109 Å². The Labute approximate surface area is 489 Å². The van der Waals surface area contributed by atoms with Crippen LogP contribution in [0.1, 0.15) is 316 Å². The Bertz CT molecular complexity index is 1590. The fourth-order valence-electron chi connectivity index (χ4n) is 9.30. The lowest BCUT2D eigenvalue weighted by Gasteiger charge is -2.18. The highest BCUT2D eigenvalue weighted by Gasteiger charge is 2.19. The van der Waals surface area contributed by atoms with Crippen LogP contribution in [-0.2, 0) is 28.6 Å². The molecule has 0 rings (SSSR count). The summed E-state index contributed by atoms with van der Waals surface area (Å²) in [5.74, 6) is -0.908. The molecule has 1 unspecified atom stereocenters. The summed E-state index contributed by atoms with van der Waals surface area (Å²) in [7, 11) is 0. The lowest BCUT2D eigenvalue weighted by atomic mass is 10.0. The van der Waals surface area contributed by atoms with E-state index in [0.717, 1.165) is 135 Å². The lowest BCUT2D eigenvalue weighted by Crippen LogP contribution is -2.30. The third-order valence-corrected chi connectivity index (χ3v) is 14.2. The van der Waals surface area contributed by atoms with Crippen molar-refractivity contribution in [3.8, 4) is 0 Å². The predicted octanol–water partition coefficient (Wildman–Crippen LogP) is 23.0. The van der Waals surface area contributed by atoms with E-state index in [0.29, 0.717) is 19.3 Å². The SMILES string of the molecule is CC/C=C\C/C=C\C/C=C\C/C=C\C/C=C\CCCCCCCCCC(=O)OCC(COC(=O)CCCCCCC/C=C\C/C=C\C/C=C\CC)OC(=O)CCCCCCCCCCCCC/C=C\CCCCCCCCCC. The number of hydrogen-bond acceptors (Lipinski definition) is 6. The van der Waals surface area contributed by atoms with Gasteiger partial charge in [0.05, 0.1) is 0 Å². The van der Waals surface area contributed by atoms with Gasteiger partial charge >= 0.3 is 17.9 Å². The van der Waals surface area contributed by atoms with Crippen molar-refractivity contribution >= 4 is 17.9 Å². The first kappa shape index (κ1) is 75.1. The van der Waals surface area contributed by atoms with Gasteiger partial charge in [0.15, 0.2) is 6.10 Å². The predicted molar refractivity (Wildman–Crippen MR) is 343 cm³/mol. The second-order valence-corrected chi connectivity index (χ2v) is 22.0. The Morgan fingerprint density at radius 3 is 0.785 bits per heavy atom. The van der Waals surface area contributed by atoms with Crippen LogP contribution >= 0.6 is 0 Å². The molecular formula is C73H124O6. The van der Waals surface area contributed by atoms with Crippen molar-refractivity contribution in [2.75, 3.05) is 13.2 Å². The highest BCUT2D eigenvalue weighted by molar-refractivity contribution is 5.71. The number of esters is 3. The van der Waals surface area contributed by atoms with Gasteiger partial charge < -0.3 is 14.2 Å². The zero-order chi connectivity index (χ0) is 57.1. The molecule has 0 N–H and O–H groups in total. The summed E-state index contributed by atoms with van der Waals surface area (Å²) < 4.78 is 16.9. The molecule has 0 aliphatic carbocycles. The molecule has 1 atom stereocenters. The molecule has 6 heteroatoms. The van der Waals surface area contributed by atoms with E-state index in [2.05, 4.69) is 130 Å². The second-order valence-electron chi connectivity index (χ2n) is 22.0. The zero-order valence-electron chi connectivity index (χ0n) is 51.9. The molecule has 0 amide bonds. The van der Waals surface area contributed by atoms with Crippen LogP contribution in [0.2, 0.25) is 0 Å². The molecule has 0 heterocycles. The van der Waals surface area contributed by atoms with Gasteiger partial charge in [-0.05, 0) is 122 Å². The van der Waals surface area contributed by atoms with Crippen LogP contribution in [0.25, 0.3) is 0 Å². The van der Waals surface area contributed by atoms with E-state index >= 15 is 0 Å². The number of hydrogen-bond donors (Lipinski definition) is 0. The Morgan fingerprint density at radius 2 is 0.494 bits per heavy atom. The maximum Gasteiger partial charge on any atom is 0.306 e. The van der Waals surface area contributed by atoms with Gasteiger partial charge in [-0.1, -0.05) is 284 Å². The second kappa shape index (κ2) is 66.6. The summed E-state index contributed by atoms with van der Waals surface area (Å²) >= 11 is 0. The average Bonchev–Trinajstić information content (AvgIpc) is 3.45. The van der Waals surface area contributed by atoms with E-state index in [4.69, 9.17) is 14.2 Å². The van der Waals surface area contributed by atoms with Crippen molar-refractivity contribution in [2.45, 2.75) is 322 Å². The summed E-state index contributed by atoms with van der Waals surface area (Å²) in [6, 6.07) is 0. The minimum atomic E-state index is -0.794. The lowest BCUT2D eigenvalue weighted by molar-refractivity contribution is -0.167. The van der Waals surface area contributed by atoms with Crippen molar-refractivity contribution < 1.29 is 28.6 Å². The van der Waals surface area contributed by atoms with Crippen LogP contribution in [0.5, 0.6) is 0 Å². The highest BCUT2D eigenvalue weighted by atomic mass is 16.6. The van der Waals surface area contributed by atoms with Gasteiger partial charge in [-0.25, -0.2) is 0 Å². The molecular weight excluding hydrogens is 973 g/mol. The third-order valence-electron chi connectivity index (χ3n) is 14.2. The van der Waals surface area contributed by atoms with Crippen LogP contribution in [0, 0.1) is 0 Å². The van der Waals surface area contributed by atoms with Gasteiger partial charge in [-0.15, -0.1) is 0 Å². The number of unbranched alkanes of at least 4 members (excludes halogenated alkanes) is 31. The van der Waals surface area contributed by atoms with Crippen LogP contribution in [-0.4, -0.2) is 37.2 Å². The molecule has 6 nitrogen and oxygen atoms in total. The van der Waals surface area contributed by atoms with Gasteiger partial charge in [-0.3, -0.25) is 14.4 Å². The third kappa shape index (κ3) is 64.8. The smallest absolute Gasteiger partial charge is 0.306 e. The van der Waals surface area contributed by atoms with Crippen molar-refractivity contribution in [2.24, 2.45) is 0 Å². The molecule has 0 spiro atoms. The van der Waals surface area contributed by atoms with Crippen LogP contribution in [0.4, 0.5) is 0 Å². The molecule has 0 saturated carbocycles. The summed E-state index contributed by atoms with van der Waals surface area (Å²) in [5, 5.41) is 0. The first-order chi connectivity index (χ1) is 39.0. The Hall–Kier alpha value is -3.93. The topological polar surface area (TPSA) is 78.9 Å². The van der Waals surface area contributed by atoms with E-state index in [1.54, 1.807) is 0 Å². The van der Waals surface area contributed by atoms with E-state index in [1.165, 1.54) is 141 Å². The summed E-state index contributed by atoms with van der Waals surface area (Å²) in [6.45, 7) is 6.42. The van der Waals surface area contributed by atoms with Gasteiger partial charge in [-0.2, -0.15) is 0 Å².